The number of hydrogen-bond acceptors (Lipinski definition) is 5. The van der Waals surface area contributed by atoms with Crippen LogP contribution in [0.1, 0.15) is 30.0 Å². The van der Waals surface area contributed by atoms with Gasteiger partial charge in [0.2, 0.25) is 5.91 Å². The van der Waals surface area contributed by atoms with E-state index in [4.69, 9.17) is 8.55 Å². The van der Waals surface area contributed by atoms with Gasteiger partial charge in [-0.2, -0.15) is 13.9 Å². The normalized spacial score (nSPS) is 16.1. The molecule has 0 aromatic heterocycles. The summed E-state index contributed by atoms with van der Waals surface area (Å²) in [7, 11) is -2.45. The van der Waals surface area contributed by atoms with Crippen LogP contribution in [0.5, 0.6) is 0 Å². The van der Waals surface area contributed by atoms with Crippen molar-refractivity contribution in [1.29, 1.82) is 0 Å². The minimum Gasteiger partial charge on any atom is -0.394 e. The third kappa shape index (κ3) is 4.41. The largest absolute Gasteiger partial charge is 0.394 e. The summed E-state index contributed by atoms with van der Waals surface area (Å²) in [6, 6.07) is 9.13. The van der Waals surface area contributed by atoms with E-state index in [-0.39, 0.29) is 18.6 Å². The van der Waals surface area contributed by atoms with Gasteiger partial charge < -0.3 is 15.7 Å². The molecule has 3 rings (SSSR count). The van der Waals surface area contributed by atoms with Gasteiger partial charge in [-0.3, -0.25) is 13.5 Å². The van der Waals surface area contributed by atoms with E-state index < -0.39 is 9.52 Å². The number of aliphatic hydroxyl groups is 1. The van der Waals surface area contributed by atoms with Crippen molar-refractivity contribution in [3.63, 3.8) is 0 Å². The smallest absolute Gasteiger partial charge is 0.224 e. The van der Waals surface area contributed by atoms with E-state index in [0.717, 1.165) is 16.7 Å². The number of aliphatic hydroxyl groups excluding tert-OH is 1. The molecule has 0 radical (unpaired) electrons. The van der Waals surface area contributed by atoms with Gasteiger partial charge in [0.05, 0.1) is 30.0 Å². The number of fused-ring (bicyclic) bond motifs is 1. The van der Waals surface area contributed by atoms with Crippen LogP contribution in [0.4, 0.5) is 17.1 Å². The summed E-state index contributed by atoms with van der Waals surface area (Å²) in [5.74, 6) is -0.0426. The molecule has 4 N–H and O–H groups in total. The zero-order valence-electron chi connectivity index (χ0n) is 18.2. The fourth-order valence-corrected chi connectivity index (χ4v) is 5.43. The molecule has 7 nitrogen and oxygen atoms in total. The molecule has 2 aromatic rings. The van der Waals surface area contributed by atoms with Crippen molar-refractivity contribution >= 4 is 32.5 Å². The number of benzene rings is 2. The van der Waals surface area contributed by atoms with E-state index in [1.165, 1.54) is 7.11 Å². The average molecular weight is 434 g/mol. The van der Waals surface area contributed by atoms with Gasteiger partial charge in [-0.25, -0.2) is 0 Å². The molecule has 1 amide bonds. The van der Waals surface area contributed by atoms with Crippen LogP contribution in [0.25, 0.3) is 0 Å². The summed E-state index contributed by atoms with van der Waals surface area (Å²) < 4.78 is 22.4. The van der Waals surface area contributed by atoms with Crippen LogP contribution in [-0.2, 0) is 24.9 Å². The van der Waals surface area contributed by atoms with E-state index in [1.807, 2.05) is 45.0 Å². The monoisotopic (exact) mass is 433 g/mol. The number of anilines is 2. The Hall–Kier alpha value is -2.26. The first-order valence-corrected chi connectivity index (χ1v) is 12.2. The SMILES string of the molecule is COS(C)(O)(=Nc1ccc(C)c(C)c1)c1cc2c(cc1NC(C)CO)NC(=O)CC2. The first-order valence-electron chi connectivity index (χ1n) is 9.92. The zero-order chi connectivity index (χ0) is 22.1. The summed E-state index contributed by atoms with van der Waals surface area (Å²) in [4.78, 5) is 12.4. The average Bonchev–Trinajstić information content (AvgIpc) is 2.70. The molecule has 0 spiro atoms. The van der Waals surface area contributed by atoms with Crippen LogP contribution in [0, 0.1) is 13.8 Å². The zero-order valence-corrected chi connectivity index (χ0v) is 19.0. The standard InChI is InChI=1S/C22H31N3O4S/c1-14-6-8-18(10-15(14)2)25-30(5,28,29-4)21-11-17-7-9-22(27)24-19(17)12-20(21)23-16(3)13-26/h6,8,10-12,16,23,26H,7,9,13H2,1-5H3,(H,24,27)(H,25,28). The number of carbonyl (C=O) groups is 1. The number of aryl methyl sites for hydroxylation is 3. The molecule has 0 bridgehead atoms. The van der Waals surface area contributed by atoms with Crippen LogP contribution >= 0.6 is 0 Å². The maximum Gasteiger partial charge on any atom is 0.224 e. The van der Waals surface area contributed by atoms with Gasteiger partial charge in [-0.15, -0.1) is 0 Å². The lowest BCUT2D eigenvalue weighted by Crippen LogP contribution is -2.34. The van der Waals surface area contributed by atoms with E-state index in [9.17, 15) is 14.5 Å². The summed E-state index contributed by atoms with van der Waals surface area (Å²) in [5, 5.41) is 15.6. The maximum atomic E-state index is 11.9. The topological polar surface area (TPSA) is 103 Å². The van der Waals surface area contributed by atoms with Crippen LogP contribution in [0.2, 0.25) is 0 Å². The Morgan fingerprint density at radius 2 is 1.97 bits per heavy atom. The quantitative estimate of drug-likeness (QED) is 0.546. The van der Waals surface area contributed by atoms with Crippen LogP contribution in [0.3, 0.4) is 0 Å². The molecule has 0 saturated heterocycles. The highest BCUT2D eigenvalue weighted by Crippen LogP contribution is 2.44. The van der Waals surface area contributed by atoms with Crippen molar-refractivity contribution in [2.75, 3.05) is 30.6 Å². The van der Waals surface area contributed by atoms with Crippen molar-refractivity contribution in [1.82, 2.24) is 0 Å². The predicted octanol–water partition coefficient (Wildman–Crippen LogP) is 4.21. The third-order valence-electron chi connectivity index (χ3n) is 5.49. The maximum absolute atomic E-state index is 11.9. The second-order valence-corrected chi connectivity index (χ2v) is 11.5. The van der Waals surface area contributed by atoms with Gasteiger partial charge in [0, 0.05) is 24.4 Å². The molecule has 0 fully saturated rings. The molecular formula is C22H31N3O4S. The number of carbonyl (C=O) groups excluding carboxylic acids is 1. The van der Waals surface area contributed by atoms with E-state index in [1.54, 1.807) is 12.3 Å². The highest BCUT2D eigenvalue weighted by Gasteiger charge is 2.29. The highest BCUT2D eigenvalue weighted by atomic mass is 32.3. The van der Waals surface area contributed by atoms with Crippen molar-refractivity contribution < 1.29 is 18.6 Å². The third-order valence-corrected chi connectivity index (χ3v) is 8.28. The molecule has 1 atom stereocenters. The number of rotatable bonds is 6. The Morgan fingerprint density at radius 3 is 2.60 bits per heavy atom. The predicted molar refractivity (Wildman–Crippen MR) is 123 cm³/mol. The van der Waals surface area contributed by atoms with Crippen molar-refractivity contribution in [2.24, 2.45) is 4.36 Å². The lowest BCUT2D eigenvalue weighted by atomic mass is 10.0. The molecule has 1 unspecified atom stereocenters. The molecule has 0 aliphatic carbocycles. The number of nitrogens with one attached hydrogen (secondary N) is 2. The summed E-state index contributed by atoms with van der Waals surface area (Å²) in [5.41, 5.74) is 5.01. The second-order valence-electron chi connectivity index (χ2n) is 8.04. The lowest BCUT2D eigenvalue weighted by molar-refractivity contribution is -0.116. The van der Waals surface area contributed by atoms with Crippen LogP contribution in [0.15, 0.2) is 39.6 Å². The Labute approximate surface area is 177 Å². The summed E-state index contributed by atoms with van der Waals surface area (Å²) in [6.07, 6.45) is 2.57. The molecule has 164 valence electrons. The highest BCUT2D eigenvalue weighted by molar-refractivity contribution is 8.12. The summed E-state index contributed by atoms with van der Waals surface area (Å²) in [6.45, 7) is 5.76. The Kier molecular flexibility index (Phi) is 6.06. The first-order chi connectivity index (χ1) is 14.0. The van der Waals surface area contributed by atoms with E-state index in [2.05, 4.69) is 10.6 Å². The van der Waals surface area contributed by atoms with Crippen molar-refractivity contribution in [2.45, 2.75) is 44.6 Å². The van der Waals surface area contributed by atoms with E-state index >= 15 is 0 Å². The number of hydrogen-bond donors (Lipinski definition) is 4. The number of amides is 1. The molecular weight excluding hydrogens is 402 g/mol. The molecule has 1 heterocycles. The molecule has 0 saturated carbocycles. The van der Waals surface area contributed by atoms with E-state index in [0.29, 0.717) is 34.8 Å². The molecule has 1 aliphatic heterocycles. The molecule has 2 aromatic carbocycles. The van der Waals surface area contributed by atoms with Gasteiger partial charge in [-0.1, -0.05) is 6.07 Å². The minimum absolute atomic E-state index is 0.0426. The van der Waals surface area contributed by atoms with Gasteiger partial charge >= 0.3 is 0 Å². The van der Waals surface area contributed by atoms with Crippen molar-refractivity contribution in [3.05, 3.63) is 47.0 Å². The van der Waals surface area contributed by atoms with Gasteiger partial charge in [0.15, 0.2) is 0 Å². The Bertz CT molecular complexity index is 1060. The Balaban J connectivity index is 2.26. The number of nitrogens with zero attached hydrogens (tertiary/aromatic N) is 1. The minimum atomic E-state index is -3.91. The first kappa shape index (κ1) is 22.4. The lowest BCUT2D eigenvalue weighted by Gasteiger charge is -2.45. The second kappa shape index (κ2) is 8.11. The van der Waals surface area contributed by atoms with Crippen molar-refractivity contribution in [3.8, 4) is 0 Å². The fraction of sp³-hybridized carbons (Fsp3) is 0.409. The Morgan fingerprint density at radius 1 is 1.23 bits per heavy atom. The molecule has 8 heteroatoms. The summed E-state index contributed by atoms with van der Waals surface area (Å²) >= 11 is 0. The van der Waals surface area contributed by atoms with Crippen LogP contribution in [-0.4, -0.2) is 41.6 Å². The molecule has 30 heavy (non-hydrogen) atoms. The fourth-order valence-electron chi connectivity index (χ4n) is 3.43. The molecule has 1 aliphatic rings. The van der Waals surface area contributed by atoms with Gasteiger partial charge in [0.1, 0.15) is 0 Å². The van der Waals surface area contributed by atoms with Gasteiger partial charge in [-0.05, 0) is 68.1 Å². The van der Waals surface area contributed by atoms with Crippen LogP contribution < -0.4 is 10.6 Å². The van der Waals surface area contributed by atoms with Gasteiger partial charge in [0.25, 0.3) is 0 Å².